The highest BCUT2D eigenvalue weighted by Gasteiger charge is 2.15. The zero-order valence-corrected chi connectivity index (χ0v) is 12.4. The highest BCUT2D eigenvalue weighted by atomic mass is 16.4. The van der Waals surface area contributed by atoms with Crippen LogP contribution in [0.5, 0.6) is 0 Å². The van der Waals surface area contributed by atoms with Gasteiger partial charge in [-0.3, -0.25) is 9.48 Å². The van der Waals surface area contributed by atoms with Crippen LogP contribution in [0.2, 0.25) is 0 Å². The smallest absolute Gasteiger partial charge is 0.317 e. The monoisotopic (exact) mass is 282 g/mol. The van der Waals surface area contributed by atoms with Gasteiger partial charge in [-0.15, -0.1) is 0 Å². The van der Waals surface area contributed by atoms with Crippen molar-refractivity contribution in [1.82, 2.24) is 20.0 Å². The van der Waals surface area contributed by atoms with Crippen molar-refractivity contribution in [3.05, 3.63) is 17.0 Å². The highest BCUT2D eigenvalue weighted by molar-refractivity contribution is 5.75. The van der Waals surface area contributed by atoms with Gasteiger partial charge in [-0.2, -0.15) is 5.10 Å². The Morgan fingerprint density at radius 1 is 1.40 bits per heavy atom. The van der Waals surface area contributed by atoms with E-state index in [2.05, 4.69) is 10.4 Å². The van der Waals surface area contributed by atoms with E-state index in [1.54, 1.807) is 4.68 Å². The van der Waals surface area contributed by atoms with Crippen molar-refractivity contribution in [2.45, 2.75) is 33.7 Å². The van der Waals surface area contributed by atoms with E-state index in [0.717, 1.165) is 17.0 Å². The Morgan fingerprint density at radius 2 is 2.05 bits per heavy atom. The van der Waals surface area contributed by atoms with Gasteiger partial charge in [-0.1, -0.05) is 0 Å². The maximum atomic E-state index is 12.0. The fraction of sp³-hybridized carbons (Fsp3) is 0.615. The maximum Gasteiger partial charge on any atom is 0.317 e. The van der Waals surface area contributed by atoms with Crippen LogP contribution in [-0.2, 0) is 18.4 Å². The first-order chi connectivity index (χ1) is 9.36. The fourth-order valence-electron chi connectivity index (χ4n) is 1.98. The minimum absolute atomic E-state index is 0.0494. The van der Waals surface area contributed by atoms with Gasteiger partial charge in [0.25, 0.3) is 0 Å². The van der Waals surface area contributed by atoms with Gasteiger partial charge >= 0.3 is 12.0 Å². The summed E-state index contributed by atoms with van der Waals surface area (Å²) < 4.78 is 1.78. The van der Waals surface area contributed by atoms with Crippen molar-refractivity contribution in [3.8, 4) is 0 Å². The highest BCUT2D eigenvalue weighted by Crippen LogP contribution is 2.11. The van der Waals surface area contributed by atoms with Crippen molar-refractivity contribution in [2.75, 3.05) is 13.1 Å². The second kappa shape index (κ2) is 6.93. The minimum Gasteiger partial charge on any atom is -0.481 e. The fourth-order valence-corrected chi connectivity index (χ4v) is 1.98. The molecule has 1 heterocycles. The Bertz CT molecular complexity index is 496. The Hall–Kier alpha value is -2.05. The Kier molecular flexibility index (Phi) is 5.54. The molecule has 20 heavy (non-hydrogen) atoms. The van der Waals surface area contributed by atoms with Crippen LogP contribution >= 0.6 is 0 Å². The molecule has 0 bridgehead atoms. The summed E-state index contributed by atoms with van der Waals surface area (Å²) in [4.78, 5) is 24.0. The lowest BCUT2D eigenvalue weighted by atomic mass is 10.2. The normalized spacial score (nSPS) is 10.4. The largest absolute Gasteiger partial charge is 0.481 e. The maximum absolute atomic E-state index is 12.0. The summed E-state index contributed by atoms with van der Waals surface area (Å²) in [6.07, 6.45) is -0.0494. The first-order valence-corrected chi connectivity index (χ1v) is 6.60. The van der Waals surface area contributed by atoms with Crippen LogP contribution in [0, 0.1) is 13.8 Å². The molecule has 2 N–H and O–H groups in total. The number of nitrogens with zero attached hydrogens (tertiary/aromatic N) is 3. The second-order valence-electron chi connectivity index (χ2n) is 4.66. The van der Waals surface area contributed by atoms with Crippen LogP contribution in [0.1, 0.15) is 30.3 Å². The number of urea groups is 1. The number of carbonyl (C=O) groups is 2. The molecule has 0 unspecified atom stereocenters. The van der Waals surface area contributed by atoms with Crippen molar-refractivity contribution >= 4 is 12.0 Å². The number of hydrogen-bond acceptors (Lipinski definition) is 3. The number of rotatable bonds is 6. The first kappa shape index (κ1) is 16.0. The SMILES string of the molecule is CCN(CCC(=O)O)C(=O)NCc1c(C)nn(C)c1C. The standard InChI is InChI=1S/C13H22N4O3/c1-5-17(7-6-12(18)19)13(20)14-8-11-9(2)15-16(4)10(11)3/h5-8H2,1-4H3,(H,14,20)(H,18,19). The zero-order chi connectivity index (χ0) is 15.3. The molecule has 0 radical (unpaired) electrons. The third kappa shape index (κ3) is 3.97. The quantitative estimate of drug-likeness (QED) is 0.816. The van der Waals surface area contributed by atoms with Gasteiger partial charge in [-0.05, 0) is 20.8 Å². The Morgan fingerprint density at radius 3 is 2.50 bits per heavy atom. The van der Waals surface area contributed by atoms with Crippen LogP contribution in [0.4, 0.5) is 4.79 Å². The number of hydrogen-bond donors (Lipinski definition) is 2. The van der Waals surface area contributed by atoms with Crippen LogP contribution < -0.4 is 5.32 Å². The number of carboxylic acid groups (broad SMARTS) is 1. The molecule has 0 atom stereocenters. The summed E-state index contributed by atoms with van der Waals surface area (Å²) >= 11 is 0. The van der Waals surface area contributed by atoms with Gasteiger partial charge in [0.05, 0.1) is 12.1 Å². The lowest BCUT2D eigenvalue weighted by Gasteiger charge is -2.20. The number of amides is 2. The molecule has 1 rings (SSSR count). The molecule has 0 saturated carbocycles. The number of aryl methyl sites for hydroxylation is 2. The summed E-state index contributed by atoms with van der Waals surface area (Å²) in [6, 6.07) is -0.253. The van der Waals surface area contributed by atoms with Gasteiger partial charge in [0, 0.05) is 37.9 Å². The molecular weight excluding hydrogens is 260 g/mol. The number of carbonyl (C=O) groups excluding carboxylic acids is 1. The van der Waals surface area contributed by atoms with E-state index in [1.165, 1.54) is 4.90 Å². The average Bonchev–Trinajstić information content (AvgIpc) is 2.61. The molecule has 2 amide bonds. The van der Waals surface area contributed by atoms with Gasteiger partial charge < -0.3 is 15.3 Å². The van der Waals surface area contributed by atoms with Gasteiger partial charge in [0.2, 0.25) is 0 Å². The number of nitrogens with one attached hydrogen (secondary N) is 1. The molecule has 0 aromatic carbocycles. The van der Waals surface area contributed by atoms with Crippen molar-refractivity contribution in [3.63, 3.8) is 0 Å². The summed E-state index contributed by atoms with van der Waals surface area (Å²) in [5.74, 6) is -0.907. The van der Waals surface area contributed by atoms with E-state index in [0.29, 0.717) is 13.1 Å². The predicted molar refractivity (Wildman–Crippen MR) is 74.4 cm³/mol. The van der Waals surface area contributed by atoms with E-state index in [-0.39, 0.29) is 19.0 Å². The van der Waals surface area contributed by atoms with E-state index < -0.39 is 5.97 Å². The molecule has 0 aliphatic heterocycles. The minimum atomic E-state index is -0.907. The van der Waals surface area contributed by atoms with E-state index in [4.69, 9.17) is 5.11 Å². The van der Waals surface area contributed by atoms with Gasteiger partial charge in [0.1, 0.15) is 0 Å². The first-order valence-electron chi connectivity index (χ1n) is 6.60. The molecular formula is C13H22N4O3. The van der Waals surface area contributed by atoms with Crippen molar-refractivity contribution in [2.24, 2.45) is 7.05 Å². The number of carboxylic acids is 1. The Balaban J connectivity index is 2.59. The third-order valence-electron chi connectivity index (χ3n) is 3.34. The number of aromatic nitrogens is 2. The topological polar surface area (TPSA) is 87.5 Å². The molecule has 0 aliphatic rings. The molecule has 7 heteroatoms. The van der Waals surface area contributed by atoms with Crippen LogP contribution in [-0.4, -0.2) is 44.9 Å². The third-order valence-corrected chi connectivity index (χ3v) is 3.34. The molecule has 0 fully saturated rings. The van der Waals surface area contributed by atoms with Crippen LogP contribution in [0.3, 0.4) is 0 Å². The summed E-state index contributed by atoms with van der Waals surface area (Å²) in [5, 5.41) is 15.8. The molecule has 1 aromatic rings. The van der Waals surface area contributed by atoms with Crippen molar-refractivity contribution < 1.29 is 14.7 Å². The summed E-state index contributed by atoms with van der Waals surface area (Å²) in [5.41, 5.74) is 2.89. The van der Waals surface area contributed by atoms with Crippen molar-refractivity contribution in [1.29, 1.82) is 0 Å². The summed E-state index contributed by atoms with van der Waals surface area (Å²) in [6.45, 7) is 6.75. The molecule has 1 aromatic heterocycles. The molecule has 112 valence electrons. The van der Waals surface area contributed by atoms with E-state index >= 15 is 0 Å². The molecule has 0 saturated heterocycles. The molecule has 7 nitrogen and oxygen atoms in total. The lowest BCUT2D eigenvalue weighted by molar-refractivity contribution is -0.137. The summed E-state index contributed by atoms with van der Waals surface area (Å²) in [7, 11) is 1.86. The molecule has 0 aliphatic carbocycles. The second-order valence-corrected chi connectivity index (χ2v) is 4.66. The van der Waals surface area contributed by atoms with Gasteiger partial charge in [-0.25, -0.2) is 4.79 Å². The number of aliphatic carboxylic acids is 1. The van der Waals surface area contributed by atoms with E-state index in [9.17, 15) is 9.59 Å². The zero-order valence-electron chi connectivity index (χ0n) is 12.4. The van der Waals surface area contributed by atoms with Gasteiger partial charge in [0.15, 0.2) is 0 Å². The average molecular weight is 282 g/mol. The van der Waals surface area contributed by atoms with Crippen LogP contribution in [0.25, 0.3) is 0 Å². The van der Waals surface area contributed by atoms with Crippen LogP contribution in [0.15, 0.2) is 0 Å². The lowest BCUT2D eigenvalue weighted by Crippen LogP contribution is -2.40. The predicted octanol–water partition coefficient (Wildman–Crippen LogP) is 1.04. The molecule has 0 spiro atoms. The Labute approximate surface area is 118 Å². The van der Waals surface area contributed by atoms with E-state index in [1.807, 2.05) is 27.8 Å².